The SMILES string of the molecule is O=C(Nc1ccc(N2CCN(c3cccc(Cl)c3)CC2)nn1)c1cccnc1. The molecule has 1 aromatic carbocycles. The average Bonchev–Trinajstić information content (AvgIpc) is 2.75. The molecule has 1 aliphatic rings. The summed E-state index contributed by atoms with van der Waals surface area (Å²) in [5, 5.41) is 11.9. The molecule has 2 aromatic heterocycles. The lowest BCUT2D eigenvalue weighted by Gasteiger charge is -2.36. The number of hydrogen-bond donors (Lipinski definition) is 1. The van der Waals surface area contributed by atoms with E-state index in [0.29, 0.717) is 11.4 Å². The summed E-state index contributed by atoms with van der Waals surface area (Å²) in [6, 6.07) is 15.0. The Kier molecular flexibility index (Phi) is 5.34. The highest BCUT2D eigenvalue weighted by molar-refractivity contribution is 6.30. The van der Waals surface area contributed by atoms with Gasteiger partial charge in [-0.2, -0.15) is 0 Å². The Morgan fingerprint density at radius 2 is 1.79 bits per heavy atom. The Balaban J connectivity index is 1.35. The standard InChI is InChI=1S/C20H19ClN6O/c21-16-4-1-5-17(13-16)26-9-11-27(12-10-26)19-7-6-18(24-25-19)23-20(28)15-3-2-8-22-14-15/h1-8,13-14H,9-12H2,(H,23,24,28). The second-order valence-corrected chi connectivity index (χ2v) is 6.86. The van der Waals surface area contributed by atoms with E-state index in [9.17, 15) is 4.79 Å². The summed E-state index contributed by atoms with van der Waals surface area (Å²) in [5.74, 6) is 0.950. The zero-order valence-corrected chi connectivity index (χ0v) is 15.9. The van der Waals surface area contributed by atoms with Crippen LogP contribution in [0.4, 0.5) is 17.3 Å². The molecule has 0 atom stereocenters. The van der Waals surface area contributed by atoms with Gasteiger partial charge in [0, 0.05) is 49.3 Å². The van der Waals surface area contributed by atoms with Crippen molar-refractivity contribution < 1.29 is 4.79 Å². The van der Waals surface area contributed by atoms with Gasteiger partial charge in [0.1, 0.15) is 0 Å². The maximum Gasteiger partial charge on any atom is 0.258 e. The highest BCUT2D eigenvalue weighted by Gasteiger charge is 2.19. The molecule has 0 saturated carbocycles. The fraction of sp³-hybridized carbons (Fsp3) is 0.200. The van der Waals surface area contributed by atoms with Gasteiger partial charge in [0.25, 0.3) is 5.91 Å². The predicted molar refractivity (Wildman–Crippen MR) is 110 cm³/mol. The number of rotatable bonds is 4. The number of piperazine rings is 1. The molecule has 1 N–H and O–H groups in total. The molecule has 0 unspecified atom stereocenters. The molecular formula is C20H19ClN6O. The third-order valence-corrected chi connectivity index (χ3v) is 4.83. The van der Waals surface area contributed by atoms with E-state index >= 15 is 0 Å². The number of anilines is 3. The lowest BCUT2D eigenvalue weighted by molar-refractivity contribution is 0.102. The Morgan fingerprint density at radius 1 is 0.964 bits per heavy atom. The van der Waals surface area contributed by atoms with Crippen LogP contribution < -0.4 is 15.1 Å². The van der Waals surface area contributed by atoms with Gasteiger partial charge in [-0.1, -0.05) is 17.7 Å². The number of carbonyl (C=O) groups is 1. The summed E-state index contributed by atoms with van der Waals surface area (Å²) >= 11 is 6.09. The molecule has 3 heterocycles. The van der Waals surface area contributed by atoms with Gasteiger partial charge in [-0.3, -0.25) is 9.78 Å². The Bertz CT molecular complexity index is 942. The number of pyridine rings is 1. The monoisotopic (exact) mass is 394 g/mol. The lowest BCUT2D eigenvalue weighted by atomic mass is 10.2. The molecule has 28 heavy (non-hydrogen) atoms. The van der Waals surface area contributed by atoms with Gasteiger partial charge in [-0.25, -0.2) is 0 Å². The van der Waals surface area contributed by atoms with Crippen molar-refractivity contribution in [1.29, 1.82) is 0 Å². The first kappa shape index (κ1) is 18.2. The first-order valence-electron chi connectivity index (χ1n) is 8.99. The largest absolute Gasteiger partial charge is 0.368 e. The Labute approximate surface area is 168 Å². The molecule has 1 fully saturated rings. The van der Waals surface area contributed by atoms with Crippen LogP contribution in [0, 0.1) is 0 Å². The van der Waals surface area contributed by atoms with E-state index in [1.165, 1.54) is 6.20 Å². The summed E-state index contributed by atoms with van der Waals surface area (Å²) in [4.78, 5) is 20.6. The third-order valence-electron chi connectivity index (χ3n) is 4.59. The number of nitrogens with one attached hydrogen (secondary N) is 1. The lowest BCUT2D eigenvalue weighted by Crippen LogP contribution is -2.46. The van der Waals surface area contributed by atoms with Crippen LogP contribution in [0.5, 0.6) is 0 Å². The number of nitrogens with zero attached hydrogens (tertiary/aromatic N) is 5. The van der Waals surface area contributed by atoms with E-state index in [1.807, 2.05) is 24.3 Å². The van der Waals surface area contributed by atoms with Crippen molar-refractivity contribution in [1.82, 2.24) is 15.2 Å². The molecule has 0 radical (unpaired) electrons. The number of carbonyl (C=O) groups excluding carboxylic acids is 1. The smallest absolute Gasteiger partial charge is 0.258 e. The Morgan fingerprint density at radius 3 is 2.46 bits per heavy atom. The second kappa shape index (κ2) is 8.22. The van der Waals surface area contributed by atoms with Crippen molar-refractivity contribution in [3.8, 4) is 0 Å². The average molecular weight is 395 g/mol. The topological polar surface area (TPSA) is 74.2 Å². The van der Waals surface area contributed by atoms with Gasteiger partial charge in [0.2, 0.25) is 0 Å². The fourth-order valence-corrected chi connectivity index (χ4v) is 3.30. The number of hydrogen-bond acceptors (Lipinski definition) is 6. The maximum atomic E-state index is 12.2. The maximum absolute atomic E-state index is 12.2. The van der Waals surface area contributed by atoms with Crippen LogP contribution in [0.1, 0.15) is 10.4 Å². The molecule has 0 aliphatic carbocycles. The van der Waals surface area contributed by atoms with Gasteiger partial charge in [-0.15, -0.1) is 10.2 Å². The molecule has 142 valence electrons. The van der Waals surface area contributed by atoms with Crippen molar-refractivity contribution >= 4 is 34.8 Å². The fourth-order valence-electron chi connectivity index (χ4n) is 3.11. The van der Waals surface area contributed by atoms with Crippen LogP contribution in [0.25, 0.3) is 0 Å². The van der Waals surface area contributed by atoms with E-state index in [4.69, 9.17) is 11.6 Å². The van der Waals surface area contributed by atoms with Crippen molar-refractivity contribution in [3.05, 3.63) is 71.5 Å². The molecule has 0 bridgehead atoms. The number of benzene rings is 1. The zero-order valence-electron chi connectivity index (χ0n) is 15.1. The summed E-state index contributed by atoms with van der Waals surface area (Å²) in [6.45, 7) is 3.42. The van der Waals surface area contributed by atoms with Crippen LogP contribution in [-0.2, 0) is 0 Å². The van der Waals surface area contributed by atoms with E-state index in [0.717, 1.165) is 42.7 Å². The van der Waals surface area contributed by atoms with Crippen LogP contribution in [0.2, 0.25) is 5.02 Å². The van der Waals surface area contributed by atoms with Crippen molar-refractivity contribution in [3.63, 3.8) is 0 Å². The zero-order chi connectivity index (χ0) is 19.3. The van der Waals surface area contributed by atoms with Gasteiger partial charge in [-0.05, 0) is 42.5 Å². The van der Waals surface area contributed by atoms with Crippen LogP contribution in [-0.4, -0.2) is 47.3 Å². The molecule has 7 nitrogen and oxygen atoms in total. The summed E-state index contributed by atoms with van der Waals surface area (Å²) in [5.41, 5.74) is 1.61. The third kappa shape index (κ3) is 4.20. The van der Waals surface area contributed by atoms with Gasteiger partial charge < -0.3 is 15.1 Å². The van der Waals surface area contributed by atoms with Gasteiger partial charge in [0.15, 0.2) is 11.6 Å². The quantitative estimate of drug-likeness (QED) is 0.733. The number of amides is 1. The molecule has 1 amide bonds. The van der Waals surface area contributed by atoms with Crippen LogP contribution >= 0.6 is 11.6 Å². The van der Waals surface area contributed by atoms with Crippen LogP contribution in [0.15, 0.2) is 60.9 Å². The van der Waals surface area contributed by atoms with Gasteiger partial charge in [0.05, 0.1) is 5.56 Å². The molecule has 0 spiro atoms. The molecular weight excluding hydrogens is 376 g/mol. The van der Waals surface area contributed by atoms with E-state index in [2.05, 4.69) is 36.4 Å². The number of aromatic nitrogens is 3. The molecule has 8 heteroatoms. The van der Waals surface area contributed by atoms with E-state index in [-0.39, 0.29) is 5.91 Å². The van der Waals surface area contributed by atoms with E-state index in [1.54, 1.807) is 24.4 Å². The minimum atomic E-state index is -0.259. The summed E-state index contributed by atoms with van der Waals surface area (Å²) < 4.78 is 0. The normalized spacial score (nSPS) is 14.0. The Hall–Kier alpha value is -3.19. The molecule has 1 aliphatic heterocycles. The highest BCUT2D eigenvalue weighted by Crippen LogP contribution is 2.22. The first-order valence-corrected chi connectivity index (χ1v) is 9.37. The second-order valence-electron chi connectivity index (χ2n) is 6.43. The minimum absolute atomic E-state index is 0.259. The van der Waals surface area contributed by atoms with Gasteiger partial charge >= 0.3 is 0 Å². The molecule has 4 rings (SSSR count). The molecule has 1 saturated heterocycles. The van der Waals surface area contributed by atoms with E-state index < -0.39 is 0 Å². The predicted octanol–water partition coefficient (Wildman–Crippen LogP) is 3.10. The highest BCUT2D eigenvalue weighted by atomic mass is 35.5. The van der Waals surface area contributed by atoms with Crippen molar-refractivity contribution in [2.75, 3.05) is 41.3 Å². The minimum Gasteiger partial charge on any atom is -0.368 e. The van der Waals surface area contributed by atoms with Crippen molar-refractivity contribution in [2.45, 2.75) is 0 Å². The van der Waals surface area contributed by atoms with Crippen molar-refractivity contribution in [2.24, 2.45) is 0 Å². The van der Waals surface area contributed by atoms with Crippen LogP contribution in [0.3, 0.4) is 0 Å². The number of halogens is 1. The molecule has 3 aromatic rings. The summed E-state index contributed by atoms with van der Waals surface area (Å²) in [7, 11) is 0. The summed E-state index contributed by atoms with van der Waals surface area (Å²) in [6.07, 6.45) is 3.13. The first-order chi connectivity index (χ1) is 13.7.